The summed E-state index contributed by atoms with van der Waals surface area (Å²) in [6, 6.07) is 6.72. The van der Waals surface area contributed by atoms with Crippen molar-refractivity contribution in [1.82, 2.24) is 10.2 Å². The minimum Gasteiger partial charge on any atom is -0.310 e. The van der Waals surface area contributed by atoms with Crippen LogP contribution in [-0.2, 0) is 6.54 Å². The molecule has 0 aromatic heterocycles. The Kier molecular flexibility index (Phi) is 4.82. The van der Waals surface area contributed by atoms with E-state index in [1.165, 1.54) is 19.3 Å². The first-order valence-electron chi connectivity index (χ1n) is 6.94. The van der Waals surface area contributed by atoms with E-state index in [-0.39, 0.29) is 18.2 Å². The third kappa shape index (κ3) is 3.47. The molecule has 19 heavy (non-hydrogen) atoms. The zero-order valence-electron chi connectivity index (χ0n) is 11.4. The quantitative estimate of drug-likeness (QED) is 0.898. The number of fused-ring (bicyclic) bond motifs is 2. The molecule has 0 radical (unpaired) electrons. The lowest BCUT2D eigenvalue weighted by atomic mass is 10.1. The second kappa shape index (κ2) is 6.21. The number of nitrogens with zero attached hydrogens (tertiary/aromatic N) is 1. The number of hydrogen-bond donors (Lipinski definition) is 1. The number of likely N-dealkylation sites (tertiary alicyclic amines) is 1. The van der Waals surface area contributed by atoms with Gasteiger partial charge in [-0.3, -0.25) is 4.90 Å². The minimum absolute atomic E-state index is 0. The van der Waals surface area contributed by atoms with Crippen LogP contribution < -0.4 is 5.32 Å². The third-order valence-electron chi connectivity index (χ3n) is 4.20. The first kappa shape index (κ1) is 14.8. The van der Waals surface area contributed by atoms with Crippen molar-refractivity contribution in [3.8, 4) is 0 Å². The molecule has 2 fully saturated rings. The average molecular weight is 285 g/mol. The van der Waals surface area contributed by atoms with Crippen molar-refractivity contribution >= 4 is 12.4 Å². The molecule has 2 aliphatic rings. The van der Waals surface area contributed by atoms with Crippen LogP contribution in [0.2, 0.25) is 0 Å². The van der Waals surface area contributed by atoms with E-state index in [1.807, 2.05) is 19.1 Å². The van der Waals surface area contributed by atoms with E-state index in [1.54, 1.807) is 6.07 Å². The Morgan fingerprint density at radius 1 is 1.26 bits per heavy atom. The molecule has 2 heterocycles. The summed E-state index contributed by atoms with van der Waals surface area (Å²) < 4.78 is 13.8. The summed E-state index contributed by atoms with van der Waals surface area (Å²) in [5.74, 6) is -0.0667. The largest absolute Gasteiger partial charge is 0.310 e. The standard InChI is InChI=1S/C15H21FN2.ClH/c1-11-2-5-15(16)12(8-11)9-18-7-6-13-3-4-14(10-18)17-13;/h2,5,8,13-14,17H,3-4,6-7,9-10H2,1H3;1H. The van der Waals surface area contributed by atoms with Gasteiger partial charge in [0.1, 0.15) is 5.82 Å². The van der Waals surface area contributed by atoms with Gasteiger partial charge in [-0.05, 0) is 32.3 Å². The van der Waals surface area contributed by atoms with E-state index >= 15 is 0 Å². The fourth-order valence-corrected chi connectivity index (χ4v) is 3.22. The molecule has 1 N–H and O–H groups in total. The van der Waals surface area contributed by atoms with Crippen LogP contribution in [0.5, 0.6) is 0 Å². The van der Waals surface area contributed by atoms with Gasteiger partial charge in [-0.2, -0.15) is 0 Å². The van der Waals surface area contributed by atoms with E-state index in [0.29, 0.717) is 12.1 Å². The molecular formula is C15H22ClFN2. The normalized spacial score (nSPS) is 26.8. The van der Waals surface area contributed by atoms with Crippen molar-refractivity contribution in [1.29, 1.82) is 0 Å². The van der Waals surface area contributed by atoms with Gasteiger partial charge in [-0.1, -0.05) is 17.7 Å². The Balaban J connectivity index is 0.00000133. The Morgan fingerprint density at radius 3 is 2.89 bits per heavy atom. The molecule has 2 aliphatic heterocycles. The lowest BCUT2D eigenvalue weighted by Crippen LogP contribution is -2.35. The molecule has 0 saturated carbocycles. The highest BCUT2D eigenvalue weighted by atomic mass is 35.5. The molecule has 2 unspecified atom stereocenters. The molecule has 1 aromatic rings. The van der Waals surface area contributed by atoms with Crippen molar-refractivity contribution in [3.63, 3.8) is 0 Å². The van der Waals surface area contributed by atoms with E-state index in [0.717, 1.165) is 30.8 Å². The van der Waals surface area contributed by atoms with Crippen molar-refractivity contribution in [2.75, 3.05) is 13.1 Å². The van der Waals surface area contributed by atoms with Gasteiger partial charge in [-0.15, -0.1) is 12.4 Å². The SMILES string of the molecule is Cc1ccc(F)c(CN2CCC3CCC(C2)N3)c1.Cl. The Morgan fingerprint density at radius 2 is 2.05 bits per heavy atom. The van der Waals surface area contributed by atoms with Gasteiger partial charge in [0.15, 0.2) is 0 Å². The first-order chi connectivity index (χ1) is 8.70. The number of benzene rings is 1. The highest BCUT2D eigenvalue weighted by Crippen LogP contribution is 2.22. The molecule has 4 heteroatoms. The van der Waals surface area contributed by atoms with Crippen LogP contribution in [0.1, 0.15) is 30.4 Å². The Hall–Kier alpha value is -0.640. The second-order valence-corrected chi connectivity index (χ2v) is 5.76. The number of hydrogen-bond acceptors (Lipinski definition) is 2. The van der Waals surface area contributed by atoms with Crippen molar-refractivity contribution in [3.05, 3.63) is 35.1 Å². The van der Waals surface area contributed by atoms with Gasteiger partial charge < -0.3 is 5.32 Å². The predicted molar refractivity (Wildman–Crippen MR) is 78.2 cm³/mol. The summed E-state index contributed by atoms with van der Waals surface area (Å²) in [5.41, 5.74) is 1.98. The van der Waals surface area contributed by atoms with Crippen LogP contribution in [0, 0.1) is 12.7 Å². The second-order valence-electron chi connectivity index (χ2n) is 5.76. The maximum absolute atomic E-state index is 13.8. The van der Waals surface area contributed by atoms with E-state index < -0.39 is 0 Å². The fraction of sp³-hybridized carbons (Fsp3) is 0.600. The Bertz CT molecular complexity index is 438. The zero-order chi connectivity index (χ0) is 12.5. The molecule has 106 valence electrons. The van der Waals surface area contributed by atoms with Crippen LogP contribution >= 0.6 is 12.4 Å². The molecule has 2 saturated heterocycles. The lowest BCUT2D eigenvalue weighted by Gasteiger charge is -2.24. The molecule has 0 spiro atoms. The summed E-state index contributed by atoms with van der Waals surface area (Å²) >= 11 is 0. The van der Waals surface area contributed by atoms with Crippen molar-refractivity contribution in [2.24, 2.45) is 0 Å². The highest BCUT2D eigenvalue weighted by Gasteiger charge is 2.29. The molecular weight excluding hydrogens is 263 g/mol. The summed E-state index contributed by atoms with van der Waals surface area (Å²) in [6.07, 6.45) is 3.79. The average Bonchev–Trinajstić information content (AvgIpc) is 2.67. The molecule has 2 nitrogen and oxygen atoms in total. The molecule has 1 aromatic carbocycles. The van der Waals surface area contributed by atoms with Crippen molar-refractivity contribution < 1.29 is 4.39 Å². The molecule has 0 aliphatic carbocycles. The minimum atomic E-state index is -0.0667. The van der Waals surface area contributed by atoms with Gasteiger partial charge in [-0.25, -0.2) is 4.39 Å². The Labute approximate surface area is 120 Å². The van der Waals surface area contributed by atoms with E-state index in [9.17, 15) is 4.39 Å². The van der Waals surface area contributed by atoms with Gasteiger partial charge in [0, 0.05) is 37.3 Å². The van der Waals surface area contributed by atoms with Gasteiger partial charge in [0.05, 0.1) is 0 Å². The lowest BCUT2D eigenvalue weighted by molar-refractivity contribution is 0.247. The number of aryl methyl sites for hydroxylation is 1. The molecule has 2 atom stereocenters. The maximum atomic E-state index is 13.8. The summed E-state index contributed by atoms with van der Waals surface area (Å²) in [7, 11) is 0. The van der Waals surface area contributed by atoms with Crippen LogP contribution in [0.15, 0.2) is 18.2 Å². The zero-order valence-corrected chi connectivity index (χ0v) is 12.2. The number of halogens is 2. The van der Waals surface area contributed by atoms with E-state index in [4.69, 9.17) is 0 Å². The van der Waals surface area contributed by atoms with E-state index in [2.05, 4.69) is 10.2 Å². The molecule has 2 bridgehead atoms. The van der Waals surface area contributed by atoms with Crippen molar-refractivity contribution in [2.45, 2.75) is 44.8 Å². The predicted octanol–water partition coefficient (Wildman–Crippen LogP) is 2.88. The van der Waals surface area contributed by atoms with Gasteiger partial charge >= 0.3 is 0 Å². The van der Waals surface area contributed by atoms with Gasteiger partial charge in [0.25, 0.3) is 0 Å². The first-order valence-corrected chi connectivity index (χ1v) is 6.94. The summed E-state index contributed by atoms with van der Waals surface area (Å²) in [5, 5.41) is 3.66. The molecule has 3 rings (SSSR count). The topological polar surface area (TPSA) is 15.3 Å². The number of rotatable bonds is 2. The summed E-state index contributed by atoms with van der Waals surface area (Å²) in [6.45, 7) is 4.92. The van der Waals surface area contributed by atoms with Gasteiger partial charge in [0.2, 0.25) is 0 Å². The smallest absolute Gasteiger partial charge is 0.127 e. The fourth-order valence-electron chi connectivity index (χ4n) is 3.22. The number of nitrogens with one attached hydrogen (secondary N) is 1. The third-order valence-corrected chi connectivity index (χ3v) is 4.20. The molecule has 0 amide bonds. The highest BCUT2D eigenvalue weighted by molar-refractivity contribution is 5.85. The van der Waals surface area contributed by atoms with Crippen LogP contribution in [-0.4, -0.2) is 30.1 Å². The summed E-state index contributed by atoms with van der Waals surface area (Å²) in [4.78, 5) is 2.40. The van der Waals surface area contributed by atoms with Crippen LogP contribution in [0.3, 0.4) is 0 Å². The monoisotopic (exact) mass is 284 g/mol. The van der Waals surface area contributed by atoms with Crippen LogP contribution in [0.4, 0.5) is 4.39 Å². The maximum Gasteiger partial charge on any atom is 0.127 e. The van der Waals surface area contributed by atoms with Crippen LogP contribution in [0.25, 0.3) is 0 Å².